The highest BCUT2D eigenvalue weighted by molar-refractivity contribution is 5.98. The van der Waals surface area contributed by atoms with Gasteiger partial charge in [-0.25, -0.2) is 4.98 Å². The van der Waals surface area contributed by atoms with Crippen LogP contribution in [-0.4, -0.2) is 25.0 Å². The van der Waals surface area contributed by atoms with Gasteiger partial charge in [0.05, 0.1) is 19.8 Å². The molecule has 0 aliphatic carbocycles. The van der Waals surface area contributed by atoms with E-state index in [-0.39, 0.29) is 5.78 Å². The zero-order valence-corrected chi connectivity index (χ0v) is 17.3. The van der Waals surface area contributed by atoms with Crippen molar-refractivity contribution < 1.29 is 14.3 Å². The average Bonchev–Trinajstić information content (AvgIpc) is 2.74. The second-order valence-electron chi connectivity index (χ2n) is 6.93. The van der Waals surface area contributed by atoms with E-state index in [9.17, 15) is 4.79 Å². The number of hydrogen-bond donors (Lipinski definition) is 0. The highest BCUT2D eigenvalue weighted by Gasteiger charge is 2.17. The van der Waals surface area contributed by atoms with E-state index >= 15 is 0 Å². The van der Waals surface area contributed by atoms with Crippen LogP contribution in [0.15, 0.2) is 60.7 Å². The zero-order chi connectivity index (χ0) is 20.8. The Labute approximate surface area is 171 Å². The average molecular weight is 390 g/mol. The fraction of sp³-hybridized carbons (Fsp3) is 0.250. The number of benzene rings is 2. The Morgan fingerprint density at radius 3 is 1.72 bits per heavy atom. The van der Waals surface area contributed by atoms with E-state index in [0.29, 0.717) is 24.5 Å². The molecule has 29 heavy (non-hydrogen) atoms. The Hall–Kier alpha value is -3.34. The van der Waals surface area contributed by atoms with Gasteiger partial charge >= 0.3 is 0 Å². The molecule has 5 heteroatoms. The number of carbonyl (C=O) groups is 1. The summed E-state index contributed by atoms with van der Waals surface area (Å²) in [5.74, 6) is 2.33. The molecule has 0 fully saturated rings. The third-order valence-electron chi connectivity index (χ3n) is 4.76. The number of pyridine rings is 1. The van der Waals surface area contributed by atoms with Gasteiger partial charge in [-0.05, 0) is 61.4 Å². The summed E-state index contributed by atoms with van der Waals surface area (Å²) in [5.41, 5.74) is 3.71. The first-order valence-corrected chi connectivity index (χ1v) is 9.49. The van der Waals surface area contributed by atoms with Crippen LogP contribution in [0.3, 0.4) is 0 Å². The van der Waals surface area contributed by atoms with Crippen molar-refractivity contribution in [2.45, 2.75) is 26.9 Å². The van der Waals surface area contributed by atoms with Crippen LogP contribution >= 0.6 is 0 Å². The Morgan fingerprint density at radius 1 is 0.828 bits per heavy atom. The molecule has 3 rings (SSSR count). The lowest BCUT2D eigenvalue weighted by molar-refractivity contribution is 0.101. The molecule has 2 aromatic carbocycles. The highest BCUT2D eigenvalue weighted by atomic mass is 16.5. The number of aryl methyl sites for hydroxylation is 1. The number of rotatable bonds is 8. The van der Waals surface area contributed by atoms with Crippen LogP contribution < -0.4 is 14.4 Å². The minimum Gasteiger partial charge on any atom is -0.497 e. The van der Waals surface area contributed by atoms with Gasteiger partial charge in [-0.15, -0.1) is 0 Å². The maximum Gasteiger partial charge on any atom is 0.163 e. The molecule has 0 radical (unpaired) electrons. The second-order valence-corrected chi connectivity index (χ2v) is 6.93. The van der Waals surface area contributed by atoms with Crippen LogP contribution in [0.1, 0.15) is 34.1 Å². The number of ketones is 1. The Morgan fingerprint density at radius 2 is 1.31 bits per heavy atom. The normalized spacial score (nSPS) is 10.5. The van der Waals surface area contributed by atoms with Gasteiger partial charge in [-0.1, -0.05) is 24.3 Å². The largest absolute Gasteiger partial charge is 0.497 e. The van der Waals surface area contributed by atoms with E-state index in [1.165, 1.54) is 0 Å². The van der Waals surface area contributed by atoms with Gasteiger partial charge < -0.3 is 14.4 Å². The van der Waals surface area contributed by atoms with E-state index in [2.05, 4.69) is 4.90 Å². The summed E-state index contributed by atoms with van der Waals surface area (Å²) in [5, 5.41) is 0. The lowest BCUT2D eigenvalue weighted by Crippen LogP contribution is -2.25. The number of carbonyl (C=O) groups excluding carboxylic acids is 1. The molecular weight excluding hydrogens is 364 g/mol. The van der Waals surface area contributed by atoms with Gasteiger partial charge in [0, 0.05) is 18.8 Å². The number of nitrogens with zero attached hydrogens (tertiary/aromatic N) is 2. The van der Waals surface area contributed by atoms with E-state index in [1.54, 1.807) is 21.1 Å². The number of hydrogen-bond acceptors (Lipinski definition) is 5. The molecule has 0 amide bonds. The van der Waals surface area contributed by atoms with E-state index in [4.69, 9.17) is 14.5 Å². The van der Waals surface area contributed by atoms with Gasteiger partial charge in [0.15, 0.2) is 5.78 Å². The van der Waals surface area contributed by atoms with Crippen molar-refractivity contribution in [3.63, 3.8) is 0 Å². The minimum absolute atomic E-state index is 0.00182. The lowest BCUT2D eigenvalue weighted by Gasteiger charge is -2.26. The molecule has 0 N–H and O–H groups in total. The Kier molecular flexibility index (Phi) is 6.50. The minimum atomic E-state index is 0.00182. The van der Waals surface area contributed by atoms with Crippen molar-refractivity contribution in [2.75, 3.05) is 19.1 Å². The summed E-state index contributed by atoms with van der Waals surface area (Å²) < 4.78 is 10.5. The summed E-state index contributed by atoms with van der Waals surface area (Å²) in [6.07, 6.45) is 0. The molecule has 0 saturated heterocycles. The summed E-state index contributed by atoms with van der Waals surface area (Å²) in [6, 6.07) is 19.6. The maximum atomic E-state index is 12.3. The van der Waals surface area contributed by atoms with Crippen molar-refractivity contribution >= 4 is 11.6 Å². The Balaban J connectivity index is 1.98. The van der Waals surface area contributed by atoms with Gasteiger partial charge in [0.1, 0.15) is 17.3 Å². The quantitative estimate of drug-likeness (QED) is 0.516. The Bertz CT molecular complexity index is 917. The van der Waals surface area contributed by atoms with E-state index in [1.807, 2.05) is 67.6 Å². The zero-order valence-electron chi connectivity index (χ0n) is 17.3. The van der Waals surface area contributed by atoms with Crippen molar-refractivity contribution in [1.29, 1.82) is 0 Å². The second kappa shape index (κ2) is 9.24. The van der Waals surface area contributed by atoms with Gasteiger partial charge in [0.2, 0.25) is 0 Å². The van der Waals surface area contributed by atoms with E-state index in [0.717, 1.165) is 28.3 Å². The molecule has 0 unspecified atom stereocenters. The molecule has 0 aliphatic heterocycles. The molecule has 0 atom stereocenters. The van der Waals surface area contributed by atoms with Crippen molar-refractivity contribution in [3.8, 4) is 11.5 Å². The van der Waals surface area contributed by atoms with Gasteiger partial charge in [-0.3, -0.25) is 4.79 Å². The topological polar surface area (TPSA) is 51.7 Å². The molecular formula is C24H26N2O3. The third kappa shape index (κ3) is 5.13. The predicted octanol–water partition coefficient (Wildman–Crippen LogP) is 4.82. The smallest absolute Gasteiger partial charge is 0.163 e. The summed E-state index contributed by atoms with van der Waals surface area (Å²) in [6.45, 7) is 4.75. The fourth-order valence-electron chi connectivity index (χ4n) is 3.17. The first kappa shape index (κ1) is 20.4. The molecule has 3 aromatic rings. The van der Waals surface area contributed by atoms with Crippen molar-refractivity contribution in [3.05, 3.63) is 83.0 Å². The SMILES string of the molecule is COc1ccc(CN(Cc2ccc(OC)cc2)c2nc(C)ccc2C(C)=O)cc1. The maximum absolute atomic E-state index is 12.3. The highest BCUT2D eigenvalue weighted by Crippen LogP contribution is 2.25. The predicted molar refractivity (Wildman–Crippen MR) is 115 cm³/mol. The van der Waals surface area contributed by atoms with Gasteiger partial charge in [0.25, 0.3) is 0 Å². The number of methoxy groups -OCH3 is 2. The summed E-state index contributed by atoms with van der Waals surface area (Å²) in [4.78, 5) is 19.1. The standard InChI is InChI=1S/C24H26N2O3/c1-17-5-14-23(18(2)27)24(25-17)26(15-19-6-10-21(28-3)11-7-19)16-20-8-12-22(29-4)13-9-20/h5-14H,15-16H2,1-4H3. The van der Waals surface area contributed by atoms with Crippen LogP contribution in [0.4, 0.5) is 5.82 Å². The monoisotopic (exact) mass is 390 g/mol. The molecule has 0 spiro atoms. The molecule has 150 valence electrons. The molecule has 1 aromatic heterocycles. The van der Waals surface area contributed by atoms with Crippen LogP contribution in [0.25, 0.3) is 0 Å². The molecule has 5 nitrogen and oxygen atoms in total. The number of aromatic nitrogens is 1. The summed E-state index contributed by atoms with van der Waals surface area (Å²) in [7, 11) is 3.31. The van der Waals surface area contributed by atoms with Gasteiger partial charge in [-0.2, -0.15) is 0 Å². The van der Waals surface area contributed by atoms with Crippen LogP contribution in [-0.2, 0) is 13.1 Å². The molecule has 0 saturated carbocycles. The van der Waals surface area contributed by atoms with Crippen LogP contribution in [0, 0.1) is 6.92 Å². The fourth-order valence-corrected chi connectivity index (χ4v) is 3.17. The van der Waals surface area contributed by atoms with Crippen molar-refractivity contribution in [1.82, 2.24) is 4.98 Å². The molecule has 1 heterocycles. The van der Waals surface area contributed by atoms with E-state index < -0.39 is 0 Å². The lowest BCUT2D eigenvalue weighted by atomic mass is 10.1. The molecule has 0 aliphatic rings. The van der Waals surface area contributed by atoms with Crippen LogP contribution in [0.2, 0.25) is 0 Å². The first-order valence-electron chi connectivity index (χ1n) is 9.49. The number of ether oxygens (including phenoxy) is 2. The number of anilines is 1. The van der Waals surface area contributed by atoms with Crippen molar-refractivity contribution in [2.24, 2.45) is 0 Å². The third-order valence-corrected chi connectivity index (χ3v) is 4.76. The first-order chi connectivity index (χ1) is 14.0. The molecule has 0 bridgehead atoms. The summed E-state index contributed by atoms with van der Waals surface area (Å²) >= 11 is 0. The van der Waals surface area contributed by atoms with Crippen LogP contribution in [0.5, 0.6) is 11.5 Å². The number of Topliss-reactive ketones (excluding diaryl/α,β-unsaturated/α-hetero) is 1.